The molecule has 0 aromatic rings. The van der Waals surface area contributed by atoms with E-state index in [1.807, 2.05) is 6.92 Å². The topological polar surface area (TPSA) is 90.7 Å². The number of nitrogens with one attached hydrogen (secondary N) is 1. The Balaban J connectivity index is 0.00000225. The molecule has 1 N–H and O–H groups in total. The third-order valence-corrected chi connectivity index (χ3v) is 2.09. The Morgan fingerprint density at radius 2 is 2.31 bits per heavy atom. The first-order chi connectivity index (χ1) is 7.15. The van der Waals surface area contributed by atoms with Gasteiger partial charge in [-0.25, -0.2) is 0 Å². The molecule has 0 amide bonds. The molecule has 1 heterocycles. The van der Waals surface area contributed by atoms with Gasteiger partial charge in [-0.2, -0.15) is 0 Å². The molecule has 1 aliphatic rings. The second-order valence-corrected chi connectivity index (χ2v) is 3.26. The summed E-state index contributed by atoms with van der Waals surface area (Å²) in [6.45, 7) is 2.72. The molecule has 0 saturated carbocycles. The Hall–Kier alpha value is -1.08. The summed E-state index contributed by atoms with van der Waals surface area (Å²) >= 11 is 0. The summed E-state index contributed by atoms with van der Waals surface area (Å²) in [5, 5.41) is 12.1. The molecule has 0 bridgehead atoms. The van der Waals surface area contributed by atoms with Crippen LogP contribution in [0.5, 0.6) is 0 Å². The quantitative estimate of drug-likeness (QED) is 0.431. The lowest BCUT2D eigenvalue weighted by atomic mass is 10.2. The van der Waals surface area contributed by atoms with Gasteiger partial charge in [0.15, 0.2) is 0 Å². The van der Waals surface area contributed by atoms with Crippen LogP contribution in [0.15, 0.2) is 0 Å². The van der Waals surface area contributed by atoms with E-state index < -0.39 is 23.2 Å². The largest absolute Gasteiger partial charge is 0.464 e. The van der Waals surface area contributed by atoms with Crippen molar-refractivity contribution in [1.82, 2.24) is 5.32 Å². The van der Waals surface area contributed by atoms with Gasteiger partial charge in [-0.1, -0.05) is 6.92 Å². The Morgan fingerprint density at radius 1 is 1.62 bits per heavy atom. The van der Waals surface area contributed by atoms with Crippen molar-refractivity contribution in [1.29, 1.82) is 0 Å². The van der Waals surface area contributed by atoms with Gasteiger partial charge in [0.2, 0.25) is 0 Å². The van der Waals surface area contributed by atoms with Crippen LogP contribution in [-0.4, -0.2) is 36.4 Å². The highest BCUT2D eigenvalue weighted by atomic mass is 35.5. The fraction of sp³-hybridized carbons (Fsp3) is 0.875. The van der Waals surface area contributed by atoms with E-state index in [1.54, 1.807) is 0 Å². The molecule has 1 saturated heterocycles. The molecule has 1 aliphatic heterocycles. The van der Waals surface area contributed by atoms with Crippen LogP contribution in [0.1, 0.15) is 19.8 Å². The first-order valence-corrected chi connectivity index (χ1v) is 4.86. The van der Waals surface area contributed by atoms with Gasteiger partial charge < -0.3 is 14.9 Å². The van der Waals surface area contributed by atoms with Gasteiger partial charge in [-0.3, -0.25) is 4.79 Å². The van der Waals surface area contributed by atoms with Crippen molar-refractivity contribution in [3.63, 3.8) is 0 Å². The molecule has 2 unspecified atom stereocenters. The van der Waals surface area contributed by atoms with E-state index in [1.165, 1.54) is 0 Å². The lowest BCUT2D eigenvalue weighted by molar-refractivity contribution is -0.768. The van der Waals surface area contributed by atoms with Gasteiger partial charge in [-0.05, 0) is 19.4 Å². The molecule has 0 aliphatic carbocycles. The fourth-order valence-electron chi connectivity index (χ4n) is 1.43. The fourth-order valence-corrected chi connectivity index (χ4v) is 1.43. The summed E-state index contributed by atoms with van der Waals surface area (Å²) in [5.74, 6) is -0.485. The minimum absolute atomic E-state index is 0. The number of esters is 1. The summed E-state index contributed by atoms with van der Waals surface area (Å²) < 4.78 is 4.88. The van der Waals surface area contributed by atoms with Crippen LogP contribution < -0.4 is 5.32 Å². The summed E-state index contributed by atoms with van der Waals surface area (Å²) in [6, 6.07) is -0.720. The van der Waals surface area contributed by atoms with Gasteiger partial charge in [0.1, 0.15) is 12.1 Å². The maximum atomic E-state index is 11.4. The number of nitrogens with zero attached hydrogens (tertiary/aromatic N) is 1. The predicted octanol–water partition coefficient (Wildman–Crippen LogP) is 0.300. The van der Waals surface area contributed by atoms with E-state index >= 15 is 0 Å². The highest BCUT2D eigenvalue weighted by Gasteiger charge is 2.36. The monoisotopic (exact) mass is 254 g/mol. The van der Waals surface area contributed by atoms with Gasteiger partial charge in [0.05, 0.1) is 6.61 Å². The zero-order valence-electron chi connectivity index (χ0n) is 8.88. The van der Waals surface area contributed by atoms with Crippen LogP contribution in [0, 0.1) is 10.1 Å². The SMILES string of the molecule is CCCOC(=O)C1NCCC1O[N+](=O)[O-].Cl. The number of carbonyl (C=O) groups is 1. The van der Waals surface area contributed by atoms with Crippen molar-refractivity contribution >= 4 is 18.4 Å². The highest BCUT2D eigenvalue weighted by molar-refractivity contribution is 5.85. The average molecular weight is 255 g/mol. The van der Waals surface area contributed by atoms with E-state index in [-0.39, 0.29) is 12.4 Å². The molecule has 94 valence electrons. The molecule has 1 fully saturated rings. The van der Waals surface area contributed by atoms with Gasteiger partial charge in [-0.15, -0.1) is 22.5 Å². The Morgan fingerprint density at radius 3 is 2.88 bits per heavy atom. The van der Waals surface area contributed by atoms with Crippen molar-refractivity contribution in [3.05, 3.63) is 10.1 Å². The van der Waals surface area contributed by atoms with Gasteiger partial charge >= 0.3 is 5.97 Å². The van der Waals surface area contributed by atoms with E-state index in [9.17, 15) is 14.9 Å². The standard InChI is InChI=1S/C8H14N2O5.ClH/c1-2-5-14-8(11)7-6(3-4-9-7)15-10(12)13;/h6-7,9H,2-5H2,1H3;1H. The second-order valence-electron chi connectivity index (χ2n) is 3.26. The average Bonchev–Trinajstić information content (AvgIpc) is 2.61. The minimum atomic E-state index is -0.877. The number of hydrogen-bond acceptors (Lipinski definition) is 6. The Bertz CT molecular complexity index is 251. The molecule has 1 rings (SSSR count). The zero-order chi connectivity index (χ0) is 11.3. The van der Waals surface area contributed by atoms with Crippen molar-refractivity contribution in [2.75, 3.05) is 13.2 Å². The predicted molar refractivity (Wildman–Crippen MR) is 56.8 cm³/mol. The van der Waals surface area contributed by atoms with Crippen molar-refractivity contribution in [3.8, 4) is 0 Å². The molecular formula is C8H15ClN2O5. The van der Waals surface area contributed by atoms with E-state index in [0.29, 0.717) is 19.6 Å². The Labute approximate surface area is 99.0 Å². The minimum Gasteiger partial charge on any atom is -0.464 e. The Kier molecular flexibility index (Phi) is 6.75. The maximum Gasteiger partial charge on any atom is 0.325 e. The third kappa shape index (κ3) is 4.19. The smallest absolute Gasteiger partial charge is 0.325 e. The first-order valence-electron chi connectivity index (χ1n) is 4.86. The maximum absolute atomic E-state index is 11.4. The van der Waals surface area contributed by atoms with Crippen LogP contribution in [0.25, 0.3) is 0 Å². The number of ether oxygens (including phenoxy) is 1. The van der Waals surface area contributed by atoms with Crippen molar-refractivity contribution in [2.24, 2.45) is 0 Å². The zero-order valence-corrected chi connectivity index (χ0v) is 9.70. The van der Waals surface area contributed by atoms with E-state index in [2.05, 4.69) is 10.2 Å². The normalized spacial score (nSPS) is 23.3. The second kappa shape index (κ2) is 7.24. The number of hydrogen-bond donors (Lipinski definition) is 1. The highest BCUT2D eigenvalue weighted by Crippen LogP contribution is 2.13. The molecule has 0 aromatic carbocycles. The summed E-state index contributed by atoms with van der Waals surface area (Å²) in [4.78, 5) is 25.9. The summed E-state index contributed by atoms with van der Waals surface area (Å²) in [5.41, 5.74) is 0. The lowest BCUT2D eigenvalue weighted by Gasteiger charge is -2.15. The van der Waals surface area contributed by atoms with E-state index in [0.717, 1.165) is 6.42 Å². The van der Waals surface area contributed by atoms with Crippen LogP contribution in [0.4, 0.5) is 0 Å². The molecule has 7 nitrogen and oxygen atoms in total. The van der Waals surface area contributed by atoms with Crippen LogP contribution in [0.2, 0.25) is 0 Å². The lowest BCUT2D eigenvalue weighted by Crippen LogP contribution is -2.41. The number of rotatable bonds is 5. The summed E-state index contributed by atoms with van der Waals surface area (Å²) in [7, 11) is 0. The molecule has 16 heavy (non-hydrogen) atoms. The number of halogens is 1. The van der Waals surface area contributed by atoms with Crippen molar-refractivity contribution in [2.45, 2.75) is 31.9 Å². The summed E-state index contributed by atoms with van der Waals surface area (Å²) in [6.07, 6.45) is 0.427. The molecular weight excluding hydrogens is 240 g/mol. The van der Waals surface area contributed by atoms with Crippen molar-refractivity contribution < 1.29 is 19.5 Å². The van der Waals surface area contributed by atoms with Crippen LogP contribution in [0.3, 0.4) is 0 Å². The van der Waals surface area contributed by atoms with Gasteiger partial charge in [0, 0.05) is 0 Å². The van der Waals surface area contributed by atoms with Gasteiger partial charge in [0.25, 0.3) is 5.09 Å². The molecule has 0 spiro atoms. The van der Waals surface area contributed by atoms with E-state index in [4.69, 9.17) is 4.74 Å². The third-order valence-electron chi connectivity index (χ3n) is 2.09. The molecule has 2 atom stereocenters. The molecule has 0 aromatic heterocycles. The van der Waals surface area contributed by atoms with Crippen LogP contribution in [-0.2, 0) is 14.4 Å². The molecule has 8 heteroatoms. The van der Waals surface area contributed by atoms with Crippen LogP contribution >= 0.6 is 12.4 Å². The molecule has 0 radical (unpaired) electrons. The first kappa shape index (κ1) is 14.9. The number of carbonyl (C=O) groups excluding carboxylic acids is 1.